The molecule has 90 valence electrons. The Morgan fingerprint density at radius 1 is 1.27 bits per heavy atom. The summed E-state index contributed by atoms with van der Waals surface area (Å²) in [4.78, 5) is 0. The van der Waals surface area contributed by atoms with Crippen molar-refractivity contribution in [2.75, 3.05) is 39.4 Å². The second kappa shape index (κ2) is 6.88. The van der Waals surface area contributed by atoms with Crippen LogP contribution in [0.1, 0.15) is 6.42 Å². The molecular weight excluding hydrogens is 232 g/mol. The summed E-state index contributed by atoms with van der Waals surface area (Å²) < 4.78 is 21.1. The molecule has 1 unspecified atom stereocenters. The quantitative estimate of drug-likeness (QED) is 0.352. The molecule has 0 aromatic carbocycles. The van der Waals surface area contributed by atoms with Crippen molar-refractivity contribution in [2.24, 2.45) is 0 Å². The number of ether oxygens (including phenoxy) is 1. The molecule has 15 heavy (non-hydrogen) atoms. The van der Waals surface area contributed by atoms with Crippen molar-refractivity contribution < 1.29 is 18.0 Å². The van der Waals surface area contributed by atoms with Crippen molar-refractivity contribution in [3.63, 3.8) is 0 Å². The lowest BCUT2D eigenvalue weighted by molar-refractivity contribution is 0.123. The molecule has 1 aliphatic heterocycles. The lowest BCUT2D eigenvalue weighted by atomic mass is 10.6. The molecule has 0 amide bonds. The summed E-state index contributed by atoms with van der Waals surface area (Å²) >= 11 is 1.93. The topological polar surface area (TPSA) is 40.2 Å². The van der Waals surface area contributed by atoms with Crippen LogP contribution < -0.4 is 0 Å². The summed E-state index contributed by atoms with van der Waals surface area (Å²) in [6, 6.07) is 0.884. The summed E-state index contributed by atoms with van der Waals surface area (Å²) in [5.74, 6) is 2.23. The van der Waals surface area contributed by atoms with Crippen molar-refractivity contribution in [2.45, 2.75) is 18.6 Å². The van der Waals surface area contributed by atoms with Gasteiger partial charge in [-0.1, -0.05) is 0 Å². The molecule has 1 fully saturated rings. The van der Waals surface area contributed by atoms with E-state index in [1.54, 1.807) is 21.3 Å². The molecule has 1 rings (SSSR count). The van der Waals surface area contributed by atoms with E-state index in [4.69, 9.17) is 18.0 Å². The first-order valence-electron chi connectivity index (χ1n) is 5.11. The Balaban J connectivity index is 2.04. The monoisotopic (exact) mass is 252 g/mol. The van der Waals surface area contributed by atoms with Gasteiger partial charge < -0.3 is 18.0 Å². The fourth-order valence-electron chi connectivity index (χ4n) is 1.33. The molecule has 0 aromatic rings. The van der Waals surface area contributed by atoms with Crippen molar-refractivity contribution >= 4 is 20.6 Å². The van der Waals surface area contributed by atoms with Crippen LogP contribution in [0.4, 0.5) is 0 Å². The third-order valence-corrected chi connectivity index (χ3v) is 6.43. The van der Waals surface area contributed by atoms with Gasteiger partial charge in [-0.05, 0) is 12.2 Å². The SMILES string of the molecule is CO[Si](CCCSCC1CO1)(OC)OC. The Bertz CT molecular complexity index is 165. The average molecular weight is 252 g/mol. The first-order chi connectivity index (χ1) is 7.26. The van der Waals surface area contributed by atoms with E-state index in [9.17, 15) is 0 Å². The molecule has 0 N–H and O–H groups in total. The molecule has 0 saturated carbocycles. The number of epoxide rings is 1. The first kappa shape index (κ1) is 13.5. The molecule has 1 atom stereocenters. The highest BCUT2D eigenvalue weighted by Gasteiger charge is 2.36. The van der Waals surface area contributed by atoms with Crippen molar-refractivity contribution in [1.29, 1.82) is 0 Å². The Hall–Kier alpha value is 0.407. The van der Waals surface area contributed by atoms with E-state index >= 15 is 0 Å². The van der Waals surface area contributed by atoms with Crippen LogP contribution >= 0.6 is 11.8 Å². The molecule has 0 bridgehead atoms. The lowest BCUT2D eigenvalue weighted by Gasteiger charge is -2.24. The average Bonchev–Trinajstić information content (AvgIpc) is 3.08. The molecule has 1 heterocycles. The number of hydrogen-bond donors (Lipinski definition) is 0. The van der Waals surface area contributed by atoms with Gasteiger partial charge in [-0.15, -0.1) is 0 Å². The normalized spacial score (nSPS) is 20.6. The standard InChI is InChI=1S/C9H20O4SSi/c1-10-15(11-2,12-3)6-4-5-14-8-9-7-13-9/h9H,4-8H2,1-3H3. The zero-order chi connectivity index (χ0) is 11.1. The minimum atomic E-state index is -2.32. The molecule has 0 radical (unpaired) electrons. The van der Waals surface area contributed by atoms with Crippen molar-refractivity contribution in [1.82, 2.24) is 0 Å². The highest BCUT2D eigenvalue weighted by Crippen LogP contribution is 2.20. The van der Waals surface area contributed by atoms with E-state index in [-0.39, 0.29) is 0 Å². The van der Waals surface area contributed by atoms with Gasteiger partial charge in [0.2, 0.25) is 0 Å². The Labute approximate surface area is 97.0 Å². The molecular formula is C9H20O4SSi. The molecule has 4 nitrogen and oxygen atoms in total. The van der Waals surface area contributed by atoms with Gasteiger partial charge in [-0.3, -0.25) is 0 Å². The van der Waals surface area contributed by atoms with Gasteiger partial charge in [0.05, 0.1) is 12.7 Å². The van der Waals surface area contributed by atoms with Crippen LogP contribution in [0.2, 0.25) is 6.04 Å². The zero-order valence-corrected chi connectivity index (χ0v) is 11.5. The predicted octanol–water partition coefficient (Wildman–Crippen LogP) is 1.39. The molecule has 1 aliphatic rings. The van der Waals surface area contributed by atoms with Crippen LogP contribution in [0.5, 0.6) is 0 Å². The van der Waals surface area contributed by atoms with Gasteiger partial charge in [-0.2, -0.15) is 11.8 Å². The zero-order valence-electron chi connectivity index (χ0n) is 9.65. The minimum absolute atomic E-state index is 0.518. The van der Waals surface area contributed by atoms with Crippen LogP contribution in [0, 0.1) is 0 Å². The van der Waals surface area contributed by atoms with Crippen LogP contribution in [-0.2, 0) is 18.0 Å². The summed E-state index contributed by atoms with van der Waals surface area (Å²) in [5, 5.41) is 0. The maximum absolute atomic E-state index is 5.34. The lowest BCUT2D eigenvalue weighted by Crippen LogP contribution is -2.42. The van der Waals surface area contributed by atoms with Crippen molar-refractivity contribution in [3.05, 3.63) is 0 Å². The highest BCUT2D eigenvalue weighted by atomic mass is 32.2. The molecule has 0 aliphatic carbocycles. The maximum Gasteiger partial charge on any atom is 0.500 e. The van der Waals surface area contributed by atoms with Crippen LogP contribution in [-0.4, -0.2) is 54.4 Å². The van der Waals surface area contributed by atoms with E-state index in [2.05, 4.69) is 0 Å². The van der Waals surface area contributed by atoms with Gasteiger partial charge in [0.25, 0.3) is 0 Å². The Morgan fingerprint density at radius 2 is 1.87 bits per heavy atom. The summed E-state index contributed by atoms with van der Waals surface area (Å²) in [6.45, 7) is 0.944. The predicted molar refractivity (Wildman–Crippen MR) is 63.3 cm³/mol. The number of hydrogen-bond acceptors (Lipinski definition) is 5. The molecule has 0 spiro atoms. The number of rotatable bonds is 9. The van der Waals surface area contributed by atoms with E-state index in [1.165, 1.54) is 0 Å². The fourth-order valence-corrected chi connectivity index (χ4v) is 4.27. The largest absolute Gasteiger partial charge is 0.500 e. The molecule has 1 saturated heterocycles. The minimum Gasteiger partial charge on any atom is -0.377 e. The van der Waals surface area contributed by atoms with E-state index in [0.717, 1.165) is 30.6 Å². The van der Waals surface area contributed by atoms with Gasteiger partial charge >= 0.3 is 8.80 Å². The smallest absolute Gasteiger partial charge is 0.377 e. The van der Waals surface area contributed by atoms with Crippen molar-refractivity contribution in [3.8, 4) is 0 Å². The van der Waals surface area contributed by atoms with Crippen LogP contribution in [0.15, 0.2) is 0 Å². The maximum atomic E-state index is 5.34. The Kier molecular flexibility index (Phi) is 6.18. The van der Waals surface area contributed by atoms with E-state index < -0.39 is 8.80 Å². The van der Waals surface area contributed by atoms with Gasteiger partial charge in [-0.25, -0.2) is 0 Å². The fraction of sp³-hybridized carbons (Fsp3) is 1.00. The molecule has 0 aromatic heterocycles. The number of thioether (sulfide) groups is 1. The summed E-state index contributed by atoms with van der Waals surface area (Å²) in [7, 11) is 2.65. The summed E-state index contributed by atoms with van der Waals surface area (Å²) in [6.07, 6.45) is 1.59. The van der Waals surface area contributed by atoms with Crippen LogP contribution in [0.25, 0.3) is 0 Å². The van der Waals surface area contributed by atoms with E-state index in [0.29, 0.717) is 6.10 Å². The Morgan fingerprint density at radius 3 is 2.33 bits per heavy atom. The first-order valence-corrected chi connectivity index (χ1v) is 8.20. The third-order valence-electron chi connectivity index (χ3n) is 2.41. The van der Waals surface area contributed by atoms with E-state index in [1.807, 2.05) is 11.8 Å². The summed E-state index contributed by atoms with van der Waals surface area (Å²) in [5.41, 5.74) is 0. The van der Waals surface area contributed by atoms with Gasteiger partial charge in [0.15, 0.2) is 0 Å². The third kappa shape index (κ3) is 4.84. The van der Waals surface area contributed by atoms with Crippen LogP contribution in [0.3, 0.4) is 0 Å². The van der Waals surface area contributed by atoms with Gasteiger partial charge in [0, 0.05) is 33.1 Å². The second-order valence-corrected chi connectivity index (χ2v) is 7.67. The van der Waals surface area contributed by atoms with Gasteiger partial charge in [0.1, 0.15) is 0 Å². The second-order valence-electron chi connectivity index (χ2n) is 3.43. The highest BCUT2D eigenvalue weighted by molar-refractivity contribution is 7.99. The molecule has 6 heteroatoms.